The number of sulfonamides is 1. The summed E-state index contributed by atoms with van der Waals surface area (Å²) in [6, 6.07) is 14.9. The highest BCUT2D eigenvalue weighted by atomic mass is 35.5. The molecule has 2 amide bonds. The van der Waals surface area contributed by atoms with E-state index in [0.717, 1.165) is 35.6 Å². The van der Waals surface area contributed by atoms with Gasteiger partial charge in [-0.15, -0.1) is 0 Å². The molecule has 2 aromatic rings. The summed E-state index contributed by atoms with van der Waals surface area (Å²) >= 11 is 5.87. The maximum Gasteiger partial charge on any atom is 0.243 e. The average Bonchev–Trinajstić information content (AvgIpc) is 3.33. The Morgan fingerprint density at radius 3 is 2.29 bits per heavy atom. The molecular weight excluding hydrogens is 474 g/mol. The lowest BCUT2D eigenvalue weighted by Crippen LogP contribution is -2.53. The Balaban J connectivity index is 1.74. The molecule has 9 heteroatoms. The largest absolute Gasteiger partial charge is 0.352 e. The summed E-state index contributed by atoms with van der Waals surface area (Å²) in [5.74, 6) is -0.637. The lowest BCUT2D eigenvalue weighted by molar-refractivity contribution is -0.140. The van der Waals surface area contributed by atoms with Crippen molar-refractivity contribution in [1.82, 2.24) is 14.5 Å². The van der Waals surface area contributed by atoms with Gasteiger partial charge in [-0.25, -0.2) is 8.42 Å². The molecule has 0 spiro atoms. The van der Waals surface area contributed by atoms with Crippen LogP contribution in [0.4, 0.5) is 0 Å². The van der Waals surface area contributed by atoms with Gasteiger partial charge in [-0.05, 0) is 56.0 Å². The quantitative estimate of drug-likeness (QED) is 0.535. The second kappa shape index (κ2) is 11.8. The number of carbonyl (C=O) groups is 2. The first kappa shape index (κ1) is 26.2. The molecule has 0 radical (unpaired) electrons. The molecule has 1 saturated carbocycles. The van der Waals surface area contributed by atoms with Crippen molar-refractivity contribution < 1.29 is 18.0 Å². The Bertz CT molecular complexity index is 1070. The molecule has 34 heavy (non-hydrogen) atoms. The van der Waals surface area contributed by atoms with E-state index in [9.17, 15) is 18.0 Å². The first-order valence-electron chi connectivity index (χ1n) is 11.5. The van der Waals surface area contributed by atoms with Gasteiger partial charge in [0.1, 0.15) is 6.04 Å². The molecule has 1 unspecified atom stereocenters. The van der Waals surface area contributed by atoms with E-state index in [-0.39, 0.29) is 23.4 Å². The third kappa shape index (κ3) is 6.81. The fourth-order valence-corrected chi connectivity index (χ4v) is 5.36. The number of hydrogen-bond donors (Lipinski definition) is 1. The molecule has 0 aliphatic heterocycles. The molecule has 184 valence electrons. The highest BCUT2D eigenvalue weighted by Crippen LogP contribution is 2.19. The van der Waals surface area contributed by atoms with Crippen molar-refractivity contribution in [1.29, 1.82) is 0 Å². The summed E-state index contributed by atoms with van der Waals surface area (Å²) < 4.78 is 26.9. The maximum atomic E-state index is 13.3. The van der Waals surface area contributed by atoms with Gasteiger partial charge in [0.15, 0.2) is 0 Å². The van der Waals surface area contributed by atoms with Crippen molar-refractivity contribution >= 4 is 33.4 Å². The minimum Gasteiger partial charge on any atom is -0.352 e. The summed E-state index contributed by atoms with van der Waals surface area (Å²) in [5.41, 5.74) is 1.03. The number of nitrogens with zero attached hydrogens (tertiary/aromatic N) is 2. The van der Waals surface area contributed by atoms with Crippen LogP contribution < -0.4 is 5.32 Å². The predicted molar refractivity (Wildman–Crippen MR) is 133 cm³/mol. The van der Waals surface area contributed by atoms with Gasteiger partial charge in [0, 0.05) is 24.7 Å². The zero-order valence-corrected chi connectivity index (χ0v) is 21.2. The van der Waals surface area contributed by atoms with Crippen molar-refractivity contribution in [2.45, 2.75) is 56.0 Å². The number of hydrogen-bond acceptors (Lipinski definition) is 4. The number of benzene rings is 2. The van der Waals surface area contributed by atoms with Gasteiger partial charge in [-0.3, -0.25) is 9.59 Å². The van der Waals surface area contributed by atoms with Crippen molar-refractivity contribution in [3.8, 4) is 0 Å². The van der Waals surface area contributed by atoms with E-state index in [1.54, 1.807) is 6.92 Å². The number of likely N-dealkylation sites (N-methyl/N-ethyl adjacent to an activating group) is 1. The second-order valence-electron chi connectivity index (χ2n) is 8.70. The molecular formula is C25H32ClN3O4S. The Morgan fingerprint density at radius 1 is 1.06 bits per heavy atom. The number of halogens is 1. The molecule has 0 heterocycles. The third-order valence-electron chi connectivity index (χ3n) is 6.23. The standard InChI is InChI=1S/C25H32ClN3O4S/c1-19(25(31)27-22-10-6-7-11-22)29(17-16-20-8-4-3-5-9-20)24(30)18-28(2)34(32,33)23-14-12-21(26)13-15-23/h3-5,8-9,12-15,19,22H,6-7,10-11,16-18H2,1-2H3,(H,27,31). The van der Waals surface area contributed by atoms with Crippen molar-refractivity contribution in [3.63, 3.8) is 0 Å². The summed E-state index contributed by atoms with van der Waals surface area (Å²) in [6.45, 7) is 1.62. The summed E-state index contributed by atoms with van der Waals surface area (Å²) in [5, 5.41) is 3.47. The molecule has 1 fully saturated rings. The van der Waals surface area contributed by atoms with Crippen LogP contribution in [0, 0.1) is 0 Å². The van der Waals surface area contributed by atoms with Gasteiger partial charge in [0.05, 0.1) is 11.4 Å². The smallest absolute Gasteiger partial charge is 0.243 e. The molecule has 0 aromatic heterocycles. The fraction of sp³-hybridized carbons (Fsp3) is 0.440. The fourth-order valence-electron chi connectivity index (χ4n) is 4.11. The van der Waals surface area contributed by atoms with Crippen LogP contribution in [0.15, 0.2) is 59.5 Å². The number of rotatable bonds is 10. The molecule has 1 N–H and O–H groups in total. The number of amides is 2. The Labute approximate surface area is 207 Å². The highest BCUT2D eigenvalue weighted by molar-refractivity contribution is 7.89. The van der Waals surface area contributed by atoms with Crippen LogP contribution in [0.25, 0.3) is 0 Å². The van der Waals surface area contributed by atoms with Gasteiger partial charge in [0.25, 0.3) is 0 Å². The van der Waals surface area contributed by atoms with Crippen LogP contribution >= 0.6 is 11.6 Å². The van der Waals surface area contributed by atoms with E-state index in [0.29, 0.717) is 18.0 Å². The normalized spacial score (nSPS) is 15.3. The summed E-state index contributed by atoms with van der Waals surface area (Å²) in [4.78, 5) is 27.8. The van der Waals surface area contributed by atoms with Gasteiger partial charge in [-0.1, -0.05) is 54.8 Å². The Morgan fingerprint density at radius 2 is 1.68 bits per heavy atom. The maximum absolute atomic E-state index is 13.3. The number of nitrogens with one attached hydrogen (secondary N) is 1. The lowest BCUT2D eigenvalue weighted by Gasteiger charge is -2.31. The summed E-state index contributed by atoms with van der Waals surface area (Å²) in [6.07, 6.45) is 4.62. The Kier molecular flexibility index (Phi) is 9.10. The van der Waals surface area contributed by atoms with Gasteiger partial charge in [0.2, 0.25) is 21.8 Å². The molecule has 1 atom stereocenters. The van der Waals surface area contributed by atoms with Crippen molar-refractivity contribution in [2.24, 2.45) is 0 Å². The minimum absolute atomic E-state index is 0.0510. The zero-order valence-electron chi connectivity index (χ0n) is 19.6. The van der Waals surface area contributed by atoms with E-state index in [1.165, 1.54) is 36.2 Å². The average molecular weight is 506 g/mol. The molecule has 0 bridgehead atoms. The topological polar surface area (TPSA) is 86.8 Å². The van der Waals surface area contributed by atoms with Crippen LogP contribution in [-0.4, -0.2) is 61.7 Å². The third-order valence-corrected chi connectivity index (χ3v) is 8.30. The molecule has 0 saturated heterocycles. The zero-order chi connectivity index (χ0) is 24.7. The molecule has 3 rings (SSSR count). The van der Waals surface area contributed by atoms with Crippen molar-refractivity contribution in [3.05, 3.63) is 65.2 Å². The van der Waals surface area contributed by atoms with E-state index < -0.39 is 22.0 Å². The van der Waals surface area contributed by atoms with E-state index in [2.05, 4.69) is 5.32 Å². The van der Waals surface area contributed by atoms with Gasteiger partial charge >= 0.3 is 0 Å². The SMILES string of the molecule is CC(C(=O)NC1CCCC1)N(CCc1ccccc1)C(=O)CN(C)S(=O)(=O)c1ccc(Cl)cc1. The van der Waals surface area contributed by atoms with Crippen molar-refractivity contribution in [2.75, 3.05) is 20.1 Å². The first-order valence-corrected chi connectivity index (χ1v) is 13.4. The Hall–Kier alpha value is -2.42. The molecule has 2 aromatic carbocycles. The molecule has 1 aliphatic carbocycles. The van der Waals surface area contributed by atoms with Crippen LogP contribution in [-0.2, 0) is 26.0 Å². The first-order chi connectivity index (χ1) is 16.2. The second-order valence-corrected chi connectivity index (χ2v) is 11.2. The van der Waals surface area contributed by atoms with E-state index in [1.807, 2.05) is 30.3 Å². The minimum atomic E-state index is -3.89. The number of carbonyl (C=O) groups excluding carboxylic acids is 2. The van der Waals surface area contributed by atoms with Crippen LogP contribution in [0.3, 0.4) is 0 Å². The van der Waals surface area contributed by atoms with E-state index in [4.69, 9.17) is 11.6 Å². The molecule has 7 nitrogen and oxygen atoms in total. The monoisotopic (exact) mass is 505 g/mol. The highest BCUT2D eigenvalue weighted by Gasteiger charge is 2.31. The predicted octanol–water partition coefficient (Wildman–Crippen LogP) is 3.48. The lowest BCUT2D eigenvalue weighted by atomic mass is 10.1. The molecule has 1 aliphatic rings. The van der Waals surface area contributed by atoms with Gasteiger partial charge < -0.3 is 10.2 Å². The van der Waals surface area contributed by atoms with Crippen LogP contribution in [0.2, 0.25) is 5.02 Å². The van der Waals surface area contributed by atoms with E-state index >= 15 is 0 Å². The summed E-state index contributed by atoms with van der Waals surface area (Å²) in [7, 11) is -2.53. The van der Waals surface area contributed by atoms with Crippen LogP contribution in [0.5, 0.6) is 0 Å². The van der Waals surface area contributed by atoms with Gasteiger partial charge in [-0.2, -0.15) is 4.31 Å². The van der Waals surface area contributed by atoms with Crippen LogP contribution in [0.1, 0.15) is 38.2 Å².